The summed E-state index contributed by atoms with van der Waals surface area (Å²) in [5.74, 6) is -0.169. The number of amides is 1. The standard InChI is InChI=1S/C22H30N2O3S/c25-22(20-11-13-21(14-12-20)24(26)27)23-16-9-7-5-3-1-2-4-6-8-10-19-15-17-28-18-19/h11-15,17-18H,1-10,16H2,(H,23,25). The highest BCUT2D eigenvalue weighted by atomic mass is 32.1. The molecule has 1 heterocycles. The second-order valence-corrected chi connectivity index (χ2v) is 7.90. The van der Waals surface area contributed by atoms with Crippen molar-refractivity contribution in [2.75, 3.05) is 6.54 Å². The largest absolute Gasteiger partial charge is 0.352 e. The molecule has 2 aromatic rings. The average Bonchev–Trinajstić information content (AvgIpc) is 3.22. The SMILES string of the molecule is O=C(NCCCCCCCCCCCc1ccsc1)c1ccc([N+](=O)[O-])cc1. The van der Waals surface area contributed by atoms with Crippen molar-refractivity contribution in [3.8, 4) is 0 Å². The quantitative estimate of drug-likeness (QED) is 0.234. The number of hydrogen-bond donors (Lipinski definition) is 1. The minimum absolute atomic E-state index is 0.000916. The molecule has 28 heavy (non-hydrogen) atoms. The molecule has 0 atom stereocenters. The van der Waals surface area contributed by atoms with E-state index < -0.39 is 4.92 Å². The predicted octanol–water partition coefficient (Wildman–Crippen LogP) is 6.14. The fourth-order valence-corrected chi connectivity index (χ4v) is 3.87. The van der Waals surface area contributed by atoms with Gasteiger partial charge in [-0.15, -0.1) is 0 Å². The molecule has 1 amide bonds. The van der Waals surface area contributed by atoms with Gasteiger partial charge < -0.3 is 5.32 Å². The van der Waals surface area contributed by atoms with Gasteiger partial charge in [-0.3, -0.25) is 14.9 Å². The minimum Gasteiger partial charge on any atom is -0.352 e. The fourth-order valence-electron chi connectivity index (χ4n) is 3.16. The Hall–Kier alpha value is -2.21. The van der Waals surface area contributed by atoms with Gasteiger partial charge in [-0.25, -0.2) is 0 Å². The molecule has 0 aliphatic heterocycles. The van der Waals surface area contributed by atoms with Crippen LogP contribution in [-0.4, -0.2) is 17.4 Å². The highest BCUT2D eigenvalue weighted by molar-refractivity contribution is 7.07. The maximum atomic E-state index is 12.0. The van der Waals surface area contributed by atoms with Gasteiger partial charge in [-0.05, 0) is 53.8 Å². The third-order valence-electron chi connectivity index (χ3n) is 4.85. The number of nitro groups is 1. The number of benzene rings is 1. The molecule has 5 nitrogen and oxygen atoms in total. The van der Waals surface area contributed by atoms with E-state index in [0.717, 1.165) is 12.8 Å². The van der Waals surface area contributed by atoms with Gasteiger partial charge in [0.1, 0.15) is 0 Å². The van der Waals surface area contributed by atoms with E-state index in [2.05, 4.69) is 22.1 Å². The molecular weight excluding hydrogens is 372 g/mol. The zero-order chi connectivity index (χ0) is 20.0. The Balaban J connectivity index is 1.40. The van der Waals surface area contributed by atoms with Gasteiger partial charge in [0.2, 0.25) is 0 Å². The Bertz CT molecular complexity index is 699. The van der Waals surface area contributed by atoms with Gasteiger partial charge in [0.05, 0.1) is 4.92 Å². The number of nitrogens with zero attached hydrogens (tertiary/aromatic N) is 1. The van der Waals surface area contributed by atoms with Crippen LogP contribution in [-0.2, 0) is 6.42 Å². The van der Waals surface area contributed by atoms with Crippen LogP contribution in [0.4, 0.5) is 5.69 Å². The molecule has 0 saturated heterocycles. The van der Waals surface area contributed by atoms with Crippen molar-refractivity contribution in [3.05, 3.63) is 62.3 Å². The van der Waals surface area contributed by atoms with Crippen LogP contribution in [0.1, 0.15) is 73.7 Å². The number of carbonyl (C=O) groups excluding carboxylic acids is 1. The third kappa shape index (κ3) is 8.65. The number of aryl methyl sites for hydroxylation is 1. The van der Waals surface area contributed by atoms with Gasteiger partial charge in [0.15, 0.2) is 0 Å². The van der Waals surface area contributed by atoms with Crippen molar-refractivity contribution in [1.29, 1.82) is 0 Å². The van der Waals surface area contributed by atoms with E-state index in [-0.39, 0.29) is 11.6 Å². The molecule has 6 heteroatoms. The van der Waals surface area contributed by atoms with Crippen LogP contribution in [0.3, 0.4) is 0 Å². The molecule has 0 spiro atoms. The lowest BCUT2D eigenvalue weighted by molar-refractivity contribution is -0.384. The molecule has 0 saturated carbocycles. The van der Waals surface area contributed by atoms with Crippen LogP contribution in [0.5, 0.6) is 0 Å². The summed E-state index contributed by atoms with van der Waals surface area (Å²) in [5, 5.41) is 17.9. The summed E-state index contributed by atoms with van der Waals surface area (Å²) >= 11 is 1.78. The molecule has 0 fully saturated rings. The molecule has 0 bridgehead atoms. The molecule has 0 radical (unpaired) electrons. The summed E-state index contributed by atoms with van der Waals surface area (Å²) < 4.78 is 0. The first-order valence-corrected chi connectivity index (χ1v) is 11.1. The van der Waals surface area contributed by atoms with Gasteiger partial charge in [0, 0.05) is 24.2 Å². The molecule has 152 valence electrons. The number of rotatable bonds is 14. The first-order chi connectivity index (χ1) is 13.7. The first kappa shape index (κ1) is 22.1. The molecule has 0 unspecified atom stereocenters. The summed E-state index contributed by atoms with van der Waals surface area (Å²) in [6, 6.07) is 7.93. The van der Waals surface area contributed by atoms with Gasteiger partial charge >= 0.3 is 0 Å². The van der Waals surface area contributed by atoms with Gasteiger partial charge in [-0.1, -0.05) is 44.9 Å². The second-order valence-electron chi connectivity index (χ2n) is 7.12. The van der Waals surface area contributed by atoms with E-state index in [9.17, 15) is 14.9 Å². The molecular formula is C22H30N2O3S. The molecule has 0 aliphatic rings. The van der Waals surface area contributed by atoms with Crippen LogP contribution in [0, 0.1) is 10.1 Å². The lowest BCUT2D eigenvalue weighted by Gasteiger charge is -2.05. The van der Waals surface area contributed by atoms with Crippen LogP contribution >= 0.6 is 11.3 Å². The Morgan fingerprint density at radius 1 is 0.893 bits per heavy atom. The third-order valence-corrected chi connectivity index (χ3v) is 5.58. The van der Waals surface area contributed by atoms with E-state index in [0.29, 0.717) is 12.1 Å². The monoisotopic (exact) mass is 402 g/mol. The van der Waals surface area contributed by atoms with Crippen molar-refractivity contribution >= 4 is 22.9 Å². The average molecular weight is 403 g/mol. The molecule has 2 rings (SSSR count). The first-order valence-electron chi connectivity index (χ1n) is 10.2. The highest BCUT2D eigenvalue weighted by Gasteiger charge is 2.08. The van der Waals surface area contributed by atoms with E-state index in [1.54, 1.807) is 11.3 Å². The van der Waals surface area contributed by atoms with E-state index in [1.807, 2.05) is 0 Å². The van der Waals surface area contributed by atoms with Crippen molar-refractivity contribution in [2.24, 2.45) is 0 Å². The van der Waals surface area contributed by atoms with Crippen LogP contribution in [0.25, 0.3) is 0 Å². The Kier molecular flexibility index (Phi) is 10.3. The highest BCUT2D eigenvalue weighted by Crippen LogP contribution is 2.14. The lowest BCUT2D eigenvalue weighted by Crippen LogP contribution is -2.24. The number of non-ortho nitro benzene ring substituents is 1. The van der Waals surface area contributed by atoms with Crippen LogP contribution in [0.2, 0.25) is 0 Å². The minimum atomic E-state index is -0.465. The van der Waals surface area contributed by atoms with Gasteiger partial charge in [-0.2, -0.15) is 11.3 Å². The zero-order valence-electron chi connectivity index (χ0n) is 16.4. The molecule has 1 aromatic carbocycles. The van der Waals surface area contributed by atoms with Crippen molar-refractivity contribution < 1.29 is 9.72 Å². The summed E-state index contributed by atoms with van der Waals surface area (Å²) in [5.41, 5.74) is 1.94. The summed E-state index contributed by atoms with van der Waals surface area (Å²) in [7, 11) is 0. The Labute approximate surface area is 171 Å². The van der Waals surface area contributed by atoms with E-state index in [4.69, 9.17) is 0 Å². The van der Waals surface area contributed by atoms with Crippen LogP contribution < -0.4 is 5.32 Å². The number of unbranched alkanes of at least 4 members (excludes halogenated alkanes) is 8. The topological polar surface area (TPSA) is 72.2 Å². The predicted molar refractivity (Wildman–Crippen MR) is 115 cm³/mol. The number of nitro benzene ring substituents is 1. The van der Waals surface area contributed by atoms with E-state index >= 15 is 0 Å². The number of hydrogen-bond acceptors (Lipinski definition) is 4. The Morgan fingerprint density at radius 2 is 1.50 bits per heavy atom. The van der Waals surface area contributed by atoms with E-state index in [1.165, 1.54) is 81.2 Å². The molecule has 0 aliphatic carbocycles. The normalized spacial score (nSPS) is 10.7. The van der Waals surface area contributed by atoms with Gasteiger partial charge in [0.25, 0.3) is 11.6 Å². The number of thiophene rings is 1. The van der Waals surface area contributed by atoms with Crippen molar-refractivity contribution in [2.45, 2.75) is 64.2 Å². The molecule has 1 aromatic heterocycles. The fraction of sp³-hybridized carbons (Fsp3) is 0.500. The second kappa shape index (κ2) is 13.0. The zero-order valence-corrected chi connectivity index (χ0v) is 17.2. The number of carbonyl (C=O) groups is 1. The lowest BCUT2D eigenvalue weighted by atomic mass is 10.0. The molecule has 1 N–H and O–H groups in total. The van der Waals surface area contributed by atoms with Crippen molar-refractivity contribution in [1.82, 2.24) is 5.32 Å². The van der Waals surface area contributed by atoms with Crippen LogP contribution in [0.15, 0.2) is 41.1 Å². The Morgan fingerprint density at radius 3 is 2.07 bits per heavy atom. The smallest absolute Gasteiger partial charge is 0.269 e. The maximum Gasteiger partial charge on any atom is 0.269 e. The number of nitrogens with one attached hydrogen (secondary N) is 1. The summed E-state index contributed by atoms with van der Waals surface area (Å²) in [4.78, 5) is 22.1. The summed E-state index contributed by atoms with van der Waals surface area (Å²) in [6.45, 7) is 0.651. The maximum absolute atomic E-state index is 12.0. The van der Waals surface area contributed by atoms with Crippen molar-refractivity contribution in [3.63, 3.8) is 0 Å². The summed E-state index contributed by atoms with van der Waals surface area (Å²) in [6.07, 6.45) is 12.4.